The summed E-state index contributed by atoms with van der Waals surface area (Å²) in [7, 11) is 0. The van der Waals surface area contributed by atoms with Crippen molar-refractivity contribution in [1.82, 2.24) is 10.2 Å². The molecule has 1 amide bonds. The lowest BCUT2D eigenvalue weighted by Gasteiger charge is -2.32. The summed E-state index contributed by atoms with van der Waals surface area (Å²) in [5.41, 5.74) is 0. The van der Waals surface area contributed by atoms with E-state index in [1.807, 2.05) is 17.1 Å². The predicted molar refractivity (Wildman–Crippen MR) is 64.4 cm³/mol. The third-order valence-electron chi connectivity index (χ3n) is 2.98. The molecule has 2 aliphatic heterocycles. The number of hydrogen-bond donors (Lipinski definition) is 1. The highest BCUT2D eigenvalue weighted by atomic mass is 16.2. The summed E-state index contributed by atoms with van der Waals surface area (Å²) in [6.45, 7) is 5.90. The first-order chi connectivity index (χ1) is 7.79. The van der Waals surface area contributed by atoms with E-state index in [-0.39, 0.29) is 5.91 Å². The van der Waals surface area contributed by atoms with Gasteiger partial charge in [-0.15, -0.1) is 0 Å². The Morgan fingerprint density at radius 2 is 2.31 bits per heavy atom. The minimum atomic E-state index is 0.0385. The first-order valence-corrected chi connectivity index (χ1v) is 5.68. The lowest BCUT2D eigenvalue weighted by molar-refractivity contribution is -0.127. The number of nitrogens with one attached hydrogen (secondary N) is 1. The van der Waals surface area contributed by atoms with Crippen LogP contribution < -0.4 is 5.32 Å². The average Bonchev–Trinajstić information content (AvgIpc) is 2.82. The molecule has 0 radical (unpaired) electrons. The van der Waals surface area contributed by atoms with Crippen molar-refractivity contribution >= 4 is 11.7 Å². The number of amidine groups is 1. The molecule has 1 N–H and O–H groups in total. The van der Waals surface area contributed by atoms with Gasteiger partial charge in [-0.25, -0.2) is 0 Å². The van der Waals surface area contributed by atoms with Crippen LogP contribution in [0, 0.1) is 0 Å². The number of likely N-dealkylation sites (tertiary alicyclic amines) is 1. The fraction of sp³-hybridized carbons (Fsp3) is 0.500. The van der Waals surface area contributed by atoms with E-state index in [1.54, 1.807) is 0 Å². The van der Waals surface area contributed by atoms with E-state index in [2.05, 4.69) is 16.9 Å². The minimum absolute atomic E-state index is 0.0385. The molecule has 0 aliphatic carbocycles. The second kappa shape index (κ2) is 4.96. The molecule has 2 aliphatic rings. The molecule has 4 heteroatoms. The van der Waals surface area contributed by atoms with Gasteiger partial charge in [0.2, 0.25) is 5.91 Å². The molecule has 0 aromatic heterocycles. The highest BCUT2D eigenvalue weighted by Gasteiger charge is 2.21. The summed E-state index contributed by atoms with van der Waals surface area (Å²) in [4.78, 5) is 17.5. The van der Waals surface area contributed by atoms with E-state index in [1.165, 1.54) is 6.08 Å². The third kappa shape index (κ3) is 2.51. The molecule has 1 saturated heterocycles. The fourth-order valence-electron chi connectivity index (χ4n) is 2.04. The van der Waals surface area contributed by atoms with Crippen LogP contribution in [-0.4, -0.2) is 42.3 Å². The third-order valence-corrected chi connectivity index (χ3v) is 2.98. The quantitative estimate of drug-likeness (QED) is 0.696. The summed E-state index contributed by atoms with van der Waals surface area (Å²) >= 11 is 0. The van der Waals surface area contributed by atoms with Gasteiger partial charge in [0.25, 0.3) is 0 Å². The van der Waals surface area contributed by atoms with Crippen LogP contribution in [0.5, 0.6) is 0 Å². The van der Waals surface area contributed by atoms with Crippen LogP contribution >= 0.6 is 0 Å². The highest BCUT2D eigenvalue weighted by Crippen LogP contribution is 2.11. The van der Waals surface area contributed by atoms with Crippen molar-refractivity contribution in [2.24, 2.45) is 4.99 Å². The Bertz CT molecular complexity index is 338. The normalized spacial score (nSPS) is 20.8. The zero-order chi connectivity index (χ0) is 11.4. The molecule has 1 fully saturated rings. The van der Waals surface area contributed by atoms with Gasteiger partial charge in [0.1, 0.15) is 5.84 Å². The van der Waals surface area contributed by atoms with Crippen LogP contribution in [0.15, 0.2) is 29.8 Å². The second-order valence-corrected chi connectivity index (χ2v) is 4.08. The zero-order valence-corrected chi connectivity index (χ0v) is 9.35. The molecule has 0 aromatic rings. The Hall–Kier alpha value is -1.58. The number of nitrogens with zero attached hydrogens (tertiary/aromatic N) is 2. The maximum atomic E-state index is 11.4. The van der Waals surface area contributed by atoms with Crippen molar-refractivity contribution in [1.29, 1.82) is 0 Å². The van der Waals surface area contributed by atoms with Crippen molar-refractivity contribution in [3.8, 4) is 0 Å². The Morgan fingerprint density at radius 1 is 1.56 bits per heavy atom. The van der Waals surface area contributed by atoms with Crippen molar-refractivity contribution in [2.45, 2.75) is 18.9 Å². The van der Waals surface area contributed by atoms with Gasteiger partial charge in [-0.1, -0.05) is 12.7 Å². The summed E-state index contributed by atoms with van der Waals surface area (Å²) in [6.07, 6.45) is 7.40. The topological polar surface area (TPSA) is 44.7 Å². The number of aliphatic imine (C=N–C) groups is 1. The molecule has 0 atom stereocenters. The highest BCUT2D eigenvalue weighted by molar-refractivity contribution is 5.94. The molecule has 2 rings (SSSR count). The zero-order valence-electron chi connectivity index (χ0n) is 9.35. The van der Waals surface area contributed by atoms with Crippen LogP contribution in [0.3, 0.4) is 0 Å². The molecule has 0 unspecified atom stereocenters. The molecular weight excluding hydrogens is 202 g/mol. The van der Waals surface area contributed by atoms with E-state index >= 15 is 0 Å². The Morgan fingerprint density at radius 3 is 2.88 bits per heavy atom. The van der Waals surface area contributed by atoms with Gasteiger partial charge in [0, 0.05) is 19.1 Å². The molecule has 0 spiro atoms. The number of amides is 1. The molecule has 86 valence electrons. The van der Waals surface area contributed by atoms with Crippen LogP contribution in [0.25, 0.3) is 0 Å². The van der Waals surface area contributed by atoms with Crippen molar-refractivity contribution in [2.75, 3.05) is 19.6 Å². The van der Waals surface area contributed by atoms with Crippen LogP contribution in [0.2, 0.25) is 0 Å². The Kier molecular flexibility index (Phi) is 3.39. The average molecular weight is 219 g/mol. The molecule has 0 bridgehead atoms. The van der Waals surface area contributed by atoms with Crippen LogP contribution in [-0.2, 0) is 4.79 Å². The lowest BCUT2D eigenvalue weighted by Crippen LogP contribution is -2.45. The smallest absolute Gasteiger partial charge is 0.245 e. The van der Waals surface area contributed by atoms with Gasteiger partial charge in [0.15, 0.2) is 0 Å². The molecule has 16 heavy (non-hydrogen) atoms. The first kappa shape index (κ1) is 10.9. The molecular formula is C12H17N3O. The fourth-order valence-corrected chi connectivity index (χ4v) is 2.04. The summed E-state index contributed by atoms with van der Waals surface area (Å²) in [6, 6.07) is 0.440. The van der Waals surface area contributed by atoms with Gasteiger partial charge in [-0.2, -0.15) is 0 Å². The van der Waals surface area contributed by atoms with Gasteiger partial charge >= 0.3 is 0 Å². The minimum Gasteiger partial charge on any atom is -0.368 e. The van der Waals surface area contributed by atoms with E-state index in [0.29, 0.717) is 6.04 Å². The summed E-state index contributed by atoms with van der Waals surface area (Å²) in [5.74, 6) is 1.02. The van der Waals surface area contributed by atoms with Gasteiger partial charge in [-0.05, 0) is 25.0 Å². The van der Waals surface area contributed by atoms with Gasteiger partial charge in [0.05, 0.1) is 6.54 Å². The number of carbonyl (C=O) groups is 1. The van der Waals surface area contributed by atoms with Crippen LogP contribution in [0.4, 0.5) is 0 Å². The monoisotopic (exact) mass is 219 g/mol. The first-order valence-electron chi connectivity index (χ1n) is 5.68. The van der Waals surface area contributed by atoms with Crippen LogP contribution in [0.1, 0.15) is 12.8 Å². The van der Waals surface area contributed by atoms with E-state index in [4.69, 9.17) is 0 Å². The number of carbonyl (C=O) groups excluding carboxylic acids is 1. The Labute approximate surface area is 95.7 Å². The largest absolute Gasteiger partial charge is 0.368 e. The summed E-state index contributed by atoms with van der Waals surface area (Å²) in [5, 5.41) is 3.39. The lowest BCUT2D eigenvalue weighted by atomic mass is 10.0. The second-order valence-electron chi connectivity index (χ2n) is 4.08. The van der Waals surface area contributed by atoms with Gasteiger partial charge in [-0.3, -0.25) is 9.79 Å². The van der Waals surface area contributed by atoms with E-state index < -0.39 is 0 Å². The summed E-state index contributed by atoms with van der Waals surface area (Å²) < 4.78 is 0. The SMILES string of the molecule is C=CC(=O)N1CCC(NC2=NCC=C2)CC1. The Balaban J connectivity index is 1.78. The molecule has 0 aromatic carbocycles. The molecule has 0 saturated carbocycles. The molecule has 4 nitrogen and oxygen atoms in total. The van der Waals surface area contributed by atoms with Crippen molar-refractivity contribution < 1.29 is 4.79 Å². The standard InChI is InChI=1S/C12H17N3O/c1-2-12(16)15-8-5-10(6-9-15)14-11-4-3-7-13-11/h2-4,10H,1,5-9H2,(H,13,14). The number of rotatable bonds is 2. The number of hydrogen-bond acceptors (Lipinski definition) is 3. The predicted octanol–water partition coefficient (Wildman–Crippen LogP) is 0.721. The van der Waals surface area contributed by atoms with Gasteiger partial charge < -0.3 is 10.2 Å². The molecule has 2 heterocycles. The number of piperidine rings is 1. The van der Waals surface area contributed by atoms with Crippen molar-refractivity contribution in [3.05, 3.63) is 24.8 Å². The maximum absolute atomic E-state index is 11.4. The maximum Gasteiger partial charge on any atom is 0.245 e. The van der Waals surface area contributed by atoms with Crippen molar-refractivity contribution in [3.63, 3.8) is 0 Å². The van der Waals surface area contributed by atoms with E-state index in [9.17, 15) is 4.79 Å². The van der Waals surface area contributed by atoms with E-state index in [0.717, 1.165) is 38.3 Å².